The van der Waals surface area contributed by atoms with Crippen molar-refractivity contribution >= 4 is 33.9 Å². The first-order valence-electron chi connectivity index (χ1n) is 8.05. The highest BCUT2D eigenvalue weighted by molar-refractivity contribution is 6.05. The zero-order chi connectivity index (χ0) is 18.1. The number of carboxylic acid groups (broad SMARTS) is 1. The normalized spacial score (nSPS) is 10.9. The van der Waals surface area contributed by atoms with Gasteiger partial charge in [-0.15, -0.1) is 0 Å². The summed E-state index contributed by atoms with van der Waals surface area (Å²) in [6.45, 7) is 0. The van der Waals surface area contributed by atoms with Gasteiger partial charge < -0.3 is 14.3 Å². The van der Waals surface area contributed by atoms with Crippen LogP contribution < -0.4 is 4.74 Å². The molecule has 1 heterocycles. The summed E-state index contributed by atoms with van der Waals surface area (Å²) in [5.74, 6) is -1.20. The largest absolute Gasteiger partial charge is 0.478 e. The molecule has 0 saturated heterocycles. The van der Waals surface area contributed by atoms with Crippen LogP contribution in [0.15, 0.2) is 71.1 Å². The average Bonchev–Trinajstić information content (AvgIpc) is 3.00. The second-order valence-electron chi connectivity index (χ2n) is 5.87. The average molecular weight is 346 g/mol. The number of carbonyl (C=O) groups excluding carboxylic acids is 1. The van der Waals surface area contributed by atoms with E-state index in [4.69, 9.17) is 9.15 Å². The summed E-state index contributed by atoms with van der Waals surface area (Å²) < 4.78 is 11.2. The number of ether oxygens (including phenoxy) is 1. The van der Waals surface area contributed by atoms with Gasteiger partial charge in [-0.05, 0) is 35.9 Å². The number of rotatable bonds is 4. The first-order chi connectivity index (χ1) is 12.6. The molecule has 1 aromatic heterocycles. The van der Waals surface area contributed by atoms with Gasteiger partial charge in [0.05, 0.1) is 12.0 Å². The summed E-state index contributed by atoms with van der Waals surface area (Å²) in [6, 6.07) is 19.2. The van der Waals surface area contributed by atoms with Gasteiger partial charge in [-0.1, -0.05) is 36.4 Å². The molecule has 0 aliphatic heterocycles. The van der Waals surface area contributed by atoms with Gasteiger partial charge in [-0.2, -0.15) is 0 Å². The molecule has 0 fully saturated rings. The van der Waals surface area contributed by atoms with Crippen molar-refractivity contribution in [2.75, 3.05) is 0 Å². The summed E-state index contributed by atoms with van der Waals surface area (Å²) in [5, 5.41) is 11.0. The van der Waals surface area contributed by atoms with Crippen molar-refractivity contribution in [2.24, 2.45) is 0 Å². The molecule has 3 aromatic carbocycles. The lowest BCUT2D eigenvalue weighted by molar-refractivity contribution is -0.133. The Kier molecular flexibility index (Phi) is 3.89. The van der Waals surface area contributed by atoms with Crippen LogP contribution in [0.3, 0.4) is 0 Å². The molecule has 0 spiro atoms. The van der Waals surface area contributed by atoms with Gasteiger partial charge in [0, 0.05) is 10.8 Å². The van der Waals surface area contributed by atoms with Crippen LogP contribution in [0, 0.1) is 0 Å². The third kappa shape index (κ3) is 2.91. The van der Waals surface area contributed by atoms with Crippen LogP contribution >= 0.6 is 0 Å². The molecule has 0 unspecified atom stereocenters. The van der Waals surface area contributed by atoms with Crippen molar-refractivity contribution in [3.8, 4) is 5.75 Å². The summed E-state index contributed by atoms with van der Waals surface area (Å²) in [4.78, 5) is 23.5. The maximum atomic E-state index is 12.3. The van der Waals surface area contributed by atoms with E-state index in [1.165, 1.54) is 6.07 Å². The number of hydrogen-bond acceptors (Lipinski definition) is 4. The number of benzene rings is 3. The predicted octanol–water partition coefficient (Wildman–Crippen LogP) is 4.43. The molecular weight excluding hydrogens is 332 g/mol. The van der Waals surface area contributed by atoms with E-state index < -0.39 is 11.9 Å². The van der Waals surface area contributed by atoms with Crippen LogP contribution in [-0.2, 0) is 11.2 Å². The maximum Gasteiger partial charge on any atom is 0.335 e. The third-order valence-electron chi connectivity index (χ3n) is 4.16. The molecule has 0 radical (unpaired) electrons. The van der Waals surface area contributed by atoms with Crippen LogP contribution in [-0.4, -0.2) is 17.0 Å². The summed E-state index contributed by atoms with van der Waals surface area (Å²) >= 11 is 0. The van der Waals surface area contributed by atoms with E-state index in [-0.39, 0.29) is 12.0 Å². The molecular formula is C21H14O5. The monoisotopic (exact) mass is 346 g/mol. The third-order valence-corrected chi connectivity index (χ3v) is 4.16. The predicted molar refractivity (Wildman–Crippen MR) is 96.5 cm³/mol. The van der Waals surface area contributed by atoms with Crippen LogP contribution in [0.5, 0.6) is 5.75 Å². The Morgan fingerprint density at radius 3 is 2.46 bits per heavy atom. The van der Waals surface area contributed by atoms with Crippen LogP contribution in [0.1, 0.15) is 15.9 Å². The number of carbonyl (C=O) groups is 2. The zero-order valence-electron chi connectivity index (χ0n) is 13.6. The first-order valence-corrected chi connectivity index (χ1v) is 8.05. The van der Waals surface area contributed by atoms with Gasteiger partial charge in [-0.25, -0.2) is 4.79 Å². The summed E-state index contributed by atoms with van der Waals surface area (Å²) in [5.41, 5.74) is 1.99. The Balaban J connectivity index is 1.60. The van der Waals surface area contributed by atoms with E-state index in [0.717, 1.165) is 16.4 Å². The van der Waals surface area contributed by atoms with Crippen molar-refractivity contribution in [3.63, 3.8) is 0 Å². The van der Waals surface area contributed by atoms with Gasteiger partial charge in [0.25, 0.3) is 0 Å². The second-order valence-corrected chi connectivity index (χ2v) is 5.87. The SMILES string of the molecule is O=C(Cc1ccccc1C(=O)O)Oc1ccc2oc3ccccc3c2c1. The lowest BCUT2D eigenvalue weighted by atomic mass is 10.1. The fraction of sp³-hybridized carbons (Fsp3) is 0.0476. The minimum Gasteiger partial charge on any atom is -0.478 e. The minimum absolute atomic E-state index is 0.0979. The molecule has 128 valence electrons. The van der Waals surface area contributed by atoms with Crippen molar-refractivity contribution in [1.82, 2.24) is 0 Å². The Hall–Kier alpha value is -3.60. The molecule has 0 aliphatic rings. The number of para-hydroxylation sites is 1. The molecule has 0 bridgehead atoms. The molecule has 5 nitrogen and oxygen atoms in total. The minimum atomic E-state index is -1.07. The van der Waals surface area contributed by atoms with E-state index >= 15 is 0 Å². The van der Waals surface area contributed by atoms with E-state index in [0.29, 0.717) is 16.9 Å². The summed E-state index contributed by atoms with van der Waals surface area (Å²) in [7, 11) is 0. The summed E-state index contributed by atoms with van der Waals surface area (Å²) in [6.07, 6.45) is -0.118. The molecule has 0 aliphatic carbocycles. The Labute approximate surface area is 148 Å². The lowest BCUT2D eigenvalue weighted by Crippen LogP contribution is -2.14. The van der Waals surface area contributed by atoms with E-state index in [2.05, 4.69) is 0 Å². The first kappa shape index (κ1) is 15.9. The fourth-order valence-corrected chi connectivity index (χ4v) is 2.97. The number of hydrogen-bond donors (Lipinski definition) is 1. The van der Waals surface area contributed by atoms with E-state index in [9.17, 15) is 14.7 Å². The van der Waals surface area contributed by atoms with E-state index in [1.54, 1.807) is 36.4 Å². The molecule has 4 aromatic rings. The number of aromatic carboxylic acids is 1. The van der Waals surface area contributed by atoms with Crippen molar-refractivity contribution < 1.29 is 23.8 Å². The van der Waals surface area contributed by atoms with Crippen molar-refractivity contribution in [3.05, 3.63) is 77.9 Å². The topological polar surface area (TPSA) is 76.7 Å². The second kappa shape index (κ2) is 6.37. The van der Waals surface area contributed by atoms with Gasteiger partial charge >= 0.3 is 11.9 Å². The molecule has 5 heteroatoms. The Bertz CT molecular complexity index is 1140. The number of carboxylic acids is 1. The molecule has 0 atom stereocenters. The van der Waals surface area contributed by atoms with Gasteiger partial charge in [0.15, 0.2) is 0 Å². The van der Waals surface area contributed by atoms with Gasteiger partial charge in [0.2, 0.25) is 0 Å². The Morgan fingerprint density at radius 2 is 1.62 bits per heavy atom. The van der Waals surface area contributed by atoms with Gasteiger partial charge in [-0.3, -0.25) is 4.79 Å². The fourth-order valence-electron chi connectivity index (χ4n) is 2.97. The number of furan rings is 1. The number of esters is 1. The highest BCUT2D eigenvalue weighted by Crippen LogP contribution is 2.31. The van der Waals surface area contributed by atoms with Crippen molar-refractivity contribution in [2.45, 2.75) is 6.42 Å². The number of fused-ring (bicyclic) bond motifs is 3. The molecule has 0 saturated carbocycles. The van der Waals surface area contributed by atoms with Crippen LogP contribution in [0.4, 0.5) is 0 Å². The lowest BCUT2D eigenvalue weighted by Gasteiger charge is -2.07. The van der Waals surface area contributed by atoms with Crippen molar-refractivity contribution in [1.29, 1.82) is 0 Å². The zero-order valence-corrected chi connectivity index (χ0v) is 13.6. The molecule has 4 rings (SSSR count). The molecule has 0 amide bonds. The Morgan fingerprint density at radius 1 is 0.885 bits per heavy atom. The highest BCUT2D eigenvalue weighted by Gasteiger charge is 2.15. The molecule has 26 heavy (non-hydrogen) atoms. The van der Waals surface area contributed by atoms with E-state index in [1.807, 2.05) is 24.3 Å². The standard InChI is InChI=1S/C21H14O5/c22-20(11-13-5-1-2-6-15(13)21(23)24)25-14-9-10-19-17(12-14)16-7-3-4-8-18(16)26-19/h1-10,12H,11H2,(H,23,24). The smallest absolute Gasteiger partial charge is 0.335 e. The molecule has 1 N–H and O–H groups in total. The maximum absolute atomic E-state index is 12.3. The highest BCUT2D eigenvalue weighted by atomic mass is 16.5. The van der Waals surface area contributed by atoms with Crippen LogP contribution in [0.2, 0.25) is 0 Å². The van der Waals surface area contributed by atoms with Gasteiger partial charge in [0.1, 0.15) is 16.9 Å². The van der Waals surface area contributed by atoms with Crippen LogP contribution in [0.25, 0.3) is 21.9 Å². The quantitative estimate of drug-likeness (QED) is 0.437.